The molecule has 1 saturated heterocycles. The zero-order chi connectivity index (χ0) is 21.2. The van der Waals surface area contributed by atoms with Crippen molar-refractivity contribution in [2.75, 3.05) is 33.4 Å². The summed E-state index contributed by atoms with van der Waals surface area (Å²) in [7, 11) is 1.62. The average Bonchev–Trinajstić information content (AvgIpc) is 3.30. The van der Waals surface area contributed by atoms with Gasteiger partial charge in [-0.25, -0.2) is 4.68 Å². The molecular weight excluding hydrogens is 396 g/mol. The number of H-pyrrole nitrogens is 1. The topological polar surface area (TPSA) is 99.4 Å². The number of hydrogen-bond donors (Lipinski definition) is 2. The third-order valence-electron chi connectivity index (χ3n) is 6.63. The molecule has 2 N–H and O–H groups in total. The molecule has 0 spiro atoms. The molecule has 2 aromatic heterocycles. The number of morpholine rings is 1. The highest BCUT2D eigenvalue weighted by Crippen LogP contribution is 2.30. The number of ether oxygens (including phenoxy) is 2. The third kappa shape index (κ3) is 3.95. The van der Waals surface area contributed by atoms with E-state index in [9.17, 15) is 4.79 Å². The highest BCUT2D eigenvalue weighted by molar-refractivity contribution is 5.80. The summed E-state index contributed by atoms with van der Waals surface area (Å²) < 4.78 is 12.9. The summed E-state index contributed by atoms with van der Waals surface area (Å²) in [5.41, 5.74) is 1.35. The number of quaternary nitrogens is 1. The number of methoxy groups -OCH3 is 1. The van der Waals surface area contributed by atoms with Crippen molar-refractivity contribution in [2.45, 2.75) is 44.2 Å². The molecule has 164 valence electrons. The van der Waals surface area contributed by atoms with E-state index >= 15 is 0 Å². The molecule has 0 amide bonds. The van der Waals surface area contributed by atoms with Gasteiger partial charge in [-0.2, -0.15) is 0 Å². The molecule has 9 heteroatoms. The predicted molar refractivity (Wildman–Crippen MR) is 114 cm³/mol. The molecule has 3 aromatic rings. The highest BCUT2D eigenvalue weighted by Gasteiger charge is 2.36. The Morgan fingerprint density at radius 1 is 1.19 bits per heavy atom. The van der Waals surface area contributed by atoms with Gasteiger partial charge in [0.1, 0.15) is 18.8 Å². The first kappa shape index (κ1) is 20.1. The van der Waals surface area contributed by atoms with Crippen LogP contribution in [0, 0.1) is 0 Å². The van der Waals surface area contributed by atoms with Crippen LogP contribution >= 0.6 is 0 Å². The van der Waals surface area contributed by atoms with E-state index in [2.05, 4.69) is 20.5 Å². The Kier molecular flexibility index (Phi) is 5.69. The molecule has 1 aliphatic heterocycles. The maximum atomic E-state index is 13.3. The minimum atomic E-state index is -0.240. The number of fused-ring (bicyclic) bond motifs is 1. The van der Waals surface area contributed by atoms with Crippen LogP contribution < -0.4 is 15.2 Å². The molecule has 9 nitrogen and oxygen atoms in total. The second kappa shape index (κ2) is 8.76. The second-order valence-corrected chi connectivity index (χ2v) is 8.48. The summed E-state index contributed by atoms with van der Waals surface area (Å²) in [6.07, 6.45) is 5.81. The number of tetrazole rings is 1. The summed E-state index contributed by atoms with van der Waals surface area (Å²) in [5.74, 6) is 1.50. The van der Waals surface area contributed by atoms with E-state index in [1.165, 1.54) is 24.2 Å². The van der Waals surface area contributed by atoms with E-state index in [4.69, 9.17) is 9.47 Å². The second-order valence-electron chi connectivity index (χ2n) is 8.48. The molecule has 2 aliphatic rings. The van der Waals surface area contributed by atoms with Crippen molar-refractivity contribution in [3.8, 4) is 5.75 Å². The lowest BCUT2D eigenvalue weighted by Gasteiger charge is -2.32. The minimum Gasteiger partial charge on any atom is -0.497 e. The van der Waals surface area contributed by atoms with Gasteiger partial charge < -0.3 is 19.4 Å². The van der Waals surface area contributed by atoms with Crippen molar-refractivity contribution in [3.05, 3.63) is 46.0 Å². The third-order valence-corrected chi connectivity index (χ3v) is 6.63. The molecule has 1 aliphatic carbocycles. The van der Waals surface area contributed by atoms with Gasteiger partial charge in [-0.05, 0) is 46.9 Å². The molecule has 31 heavy (non-hydrogen) atoms. The van der Waals surface area contributed by atoms with Gasteiger partial charge >= 0.3 is 0 Å². The monoisotopic (exact) mass is 425 g/mol. The largest absolute Gasteiger partial charge is 0.497 e. The first-order chi connectivity index (χ1) is 15.2. The standard InChI is InChI=1S/C22H28N6O3/c1-30-17-8-7-15-13-18(22(29)23-19(15)14-17)20(27-9-11-31-12-10-27)21-24-25-26-28(21)16-5-3-2-4-6-16/h7-8,13-14,16,20H,2-6,9-12H2,1H3,(H,23,29)/p+1/t20-/m1/s1. The quantitative estimate of drug-likeness (QED) is 0.634. The summed E-state index contributed by atoms with van der Waals surface area (Å²) in [6, 6.07) is 7.78. The van der Waals surface area contributed by atoms with Crippen LogP contribution in [0.5, 0.6) is 5.75 Å². The van der Waals surface area contributed by atoms with Crippen molar-refractivity contribution in [1.29, 1.82) is 0 Å². The van der Waals surface area contributed by atoms with Crippen molar-refractivity contribution in [1.82, 2.24) is 25.2 Å². The van der Waals surface area contributed by atoms with Gasteiger partial charge in [0.05, 0.1) is 37.4 Å². The number of aromatic nitrogens is 5. The summed E-state index contributed by atoms with van der Waals surface area (Å²) in [4.78, 5) is 17.6. The highest BCUT2D eigenvalue weighted by atomic mass is 16.5. The van der Waals surface area contributed by atoms with Gasteiger partial charge in [-0.3, -0.25) is 4.79 Å². The first-order valence-electron chi connectivity index (χ1n) is 11.2. The number of aromatic amines is 1. The fourth-order valence-electron chi connectivity index (χ4n) is 4.98. The Morgan fingerprint density at radius 2 is 2.00 bits per heavy atom. The molecule has 3 heterocycles. The van der Waals surface area contributed by atoms with Crippen LogP contribution in [0.4, 0.5) is 0 Å². The van der Waals surface area contributed by atoms with Crippen LogP contribution in [0.2, 0.25) is 0 Å². The maximum absolute atomic E-state index is 13.3. The molecular formula is C22H29N6O3+. The number of pyridine rings is 1. The van der Waals surface area contributed by atoms with E-state index < -0.39 is 0 Å². The first-order valence-corrected chi connectivity index (χ1v) is 11.2. The maximum Gasteiger partial charge on any atom is 0.258 e. The van der Waals surface area contributed by atoms with Crippen molar-refractivity contribution >= 4 is 10.9 Å². The van der Waals surface area contributed by atoms with Gasteiger partial charge in [-0.15, -0.1) is 5.10 Å². The Morgan fingerprint density at radius 3 is 2.77 bits per heavy atom. The lowest BCUT2D eigenvalue weighted by atomic mass is 9.95. The van der Waals surface area contributed by atoms with E-state index in [1.54, 1.807) is 7.11 Å². The van der Waals surface area contributed by atoms with Crippen LogP contribution in [-0.4, -0.2) is 58.6 Å². The number of benzene rings is 1. The zero-order valence-corrected chi connectivity index (χ0v) is 17.8. The van der Waals surface area contributed by atoms with E-state index in [0.717, 1.165) is 42.7 Å². The zero-order valence-electron chi connectivity index (χ0n) is 17.8. The smallest absolute Gasteiger partial charge is 0.258 e. The van der Waals surface area contributed by atoms with E-state index in [-0.39, 0.29) is 11.6 Å². The fourth-order valence-corrected chi connectivity index (χ4v) is 4.98. The molecule has 2 fully saturated rings. The van der Waals surface area contributed by atoms with Crippen LogP contribution in [-0.2, 0) is 4.74 Å². The molecule has 5 rings (SSSR count). The van der Waals surface area contributed by atoms with Gasteiger partial charge in [0, 0.05) is 6.07 Å². The summed E-state index contributed by atoms with van der Waals surface area (Å²) >= 11 is 0. The summed E-state index contributed by atoms with van der Waals surface area (Å²) in [5, 5.41) is 13.8. The van der Waals surface area contributed by atoms with Gasteiger partial charge in [0.15, 0.2) is 6.04 Å². The fraction of sp³-hybridized carbons (Fsp3) is 0.545. The molecule has 1 saturated carbocycles. The molecule has 0 unspecified atom stereocenters. The number of nitrogens with one attached hydrogen (secondary N) is 2. The van der Waals surface area contributed by atoms with Gasteiger partial charge in [0.2, 0.25) is 5.82 Å². The van der Waals surface area contributed by atoms with Crippen molar-refractivity contribution < 1.29 is 14.4 Å². The number of rotatable bonds is 5. The van der Waals surface area contributed by atoms with E-state index in [1.807, 2.05) is 28.9 Å². The Bertz CT molecular complexity index is 1100. The van der Waals surface area contributed by atoms with Crippen LogP contribution in [0.3, 0.4) is 0 Å². The molecule has 0 radical (unpaired) electrons. The van der Waals surface area contributed by atoms with Gasteiger partial charge in [0.25, 0.3) is 5.56 Å². The van der Waals surface area contributed by atoms with Crippen molar-refractivity contribution in [3.63, 3.8) is 0 Å². The SMILES string of the molecule is COc1ccc2cc([C@H](c3nnnn3C3CCCCC3)[NH+]3CCOCC3)c(=O)[nH]c2c1. The Labute approximate surface area is 180 Å². The Balaban J connectivity index is 1.62. The van der Waals surface area contributed by atoms with Crippen LogP contribution in [0.15, 0.2) is 29.1 Å². The normalized spacial score (nSPS) is 19.5. The minimum absolute atomic E-state index is 0.108. The average molecular weight is 426 g/mol. The number of hydrogen-bond acceptors (Lipinski definition) is 6. The summed E-state index contributed by atoms with van der Waals surface area (Å²) in [6.45, 7) is 2.95. The Hall–Kier alpha value is -2.78. The van der Waals surface area contributed by atoms with Crippen LogP contribution in [0.1, 0.15) is 55.6 Å². The lowest BCUT2D eigenvalue weighted by Crippen LogP contribution is -3.14. The molecule has 0 bridgehead atoms. The van der Waals surface area contributed by atoms with Crippen molar-refractivity contribution in [2.24, 2.45) is 0 Å². The predicted octanol–water partition coefficient (Wildman–Crippen LogP) is 1.03. The van der Waals surface area contributed by atoms with Gasteiger partial charge in [-0.1, -0.05) is 19.3 Å². The van der Waals surface area contributed by atoms with Crippen LogP contribution in [0.25, 0.3) is 10.9 Å². The number of nitrogens with zero attached hydrogens (tertiary/aromatic N) is 4. The molecule has 1 atom stereocenters. The molecule has 1 aromatic carbocycles. The lowest BCUT2D eigenvalue weighted by molar-refractivity contribution is -0.933. The van der Waals surface area contributed by atoms with E-state index in [0.29, 0.717) is 30.6 Å².